The summed E-state index contributed by atoms with van der Waals surface area (Å²) in [4.78, 5) is 10.5. The fraction of sp³-hybridized carbons (Fsp3) is 0.875. The largest absolute Gasteiger partial charge is 1.00 e. The van der Waals surface area contributed by atoms with Crippen molar-refractivity contribution in [3.8, 4) is 0 Å². The van der Waals surface area contributed by atoms with Gasteiger partial charge in [0.05, 0.1) is 5.97 Å². The van der Waals surface area contributed by atoms with Crippen LogP contribution in [0.2, 0.25) is 0 Å². The number of thioether (sulfide) groups is 1. The smallest absolute Gasteiger partial charge is 0.549 e. The van der Waals surface area contributed by atoms with Gasteiger partial charge in [0.2, 0.25) is 0 Å². The predicted molar refractivity (Wildman–Crippen MR) is 44.3 cm³/mol. The third-order valence-electron chi connectivity index (χ3n) is 1.94. The molecule has 64 valence electrons. The van der Waals surface area contributed by atoms with E-state index in [1.807, 2.05) is 0 Å². The molecule has 0 aromatic heterocycles. The van der Waals surface area contributed by atoms with Gasteiger partial charge in [-0.05, 0) is 18.6 Å². The molecule has 0 amide bonds. The van der Waals surface area contributed by atoms with E-state index >= 15 is 0 Å². The summed E-state index contributed by atoms with van der Waals surface area (Å²) in [6, 6.07) is 0. The first-order valence-electron chi connectivity index (χ1n) is 4.13. The summed E-state index contributed by atoms with van der Waals surface area (Å²) in [5.41, 5.74) is 0. The number of rotatable bonds is 1. The van der Waals surface area contributed by atoms with E-state index in [1.54, 1.807) is 11.8 Å². The third kappa shape index (κ3) is 5.24. The van der Waals surface area contributed by atoms with Gasteiger partial charge in [0.25, 0.3) is 0 Å². The zero-order valence-corrected chi connectivity index (χ0v) is 11.5. The van der Waals surface area contributed by atoms with E-state index in [0.717, 1.165) is 25.0 Å². The van der Waals surface area contributed by atoms with Crippen LogP contribution in [-0.4, -0.2) is 17.0 Å². The van der Waals surface area contributed by atoms with Crippen LogP contribution in [0.25, 0.3) is 0 Å². The number of aliphatic carboxylic acids is 1. The monoisotopic (exact) mass is 212 g/mol. The van der Waals surface area contributed by atoms with Gasteiger partial charge in [0.15, 0.2) is 0 Å². The molecule has 1 atom stereocenters. The summed E-state index contributed by atoms with van der Waals surface area (Å²) in [6.07, 6.45) is 5.45. The number of carboxylic acids is 1. The Morgan fingerprint density at radius 1 is 1.25 bits per heavy atom. The van der Waals surface area contributed by atoms with Gasteiger partial charge < -0.3 is 9.90 Å². The number of carbonyl (C=O) groups is 1. The Balaban J connectivity index is 0.00000121. The Labute approximate surface area is 120 Å². The zero-order chi connectivity index (χ0) is 8.10. The van der Waals surface area contributed by atoms with Crippen LogP contribution < -0.4 is 56.5 Å². The van der Waals surface area contributed by atoms with Crippen LogP contribution in [0.4, 0.5) is 0 Å². The normalized spacial score (nSPS) is 24.8. The molecule has 0 aromatic carbocycles. The predicted octanol–water partition coefficient (Wildman–Crippen LogP) is -2.19. The molecule has 1 rings (SSSR count). The Morgan fingerprint density at radius 3 is 2.58 bits per heavy atom. The molecular formula is C8H13KO2S. The summed E-state index contributed by atoms with van der Waals surface area (Å²) in [5, 5.41) is 10.2. The number of carboxylic acid groups (broad SMARTS) is 1. The standard InChI is InChI=1S/C8H14O2S.K/c9-8(10)7-5-3-1-2-4-6-11-7;/h7H,1-6H2,(H,9,10);/q;+1/p-1. The van der Waals surface area contributed by atoms with Gasteiger partial charge in [-0.25, -0.2) is 0 Å². The van der Waals surface area contributed by atoms with Crippen molar-refractivity contribution in [2.45, 2.75) is 37.4 Å². The van der Waals surface area contributed by atoms with E-state index in [2.05, 4.69) is 0 Å². The van der Waals surface area contributed by atoms with Crippen molar-refractivity contribution in [2.24, 2.45) is 0 Å². The second kappa shape index (κ2) is 7.82. The van der Waals surface area contributed by atoms with E-state index in [9.17, 15) is 9.90 Å². The molecular weight excluding hydrogens is 199 g/mol. The van der Waals surface area contributed by atoms with Crippen LogP contribution in [0.5, 0.6) is 0 Å². The summed E-state index contributed by atoms with van der Waals surface area (Å²) < 4.78 is 0. The second-order valence-corrected chi connectivity index (χ2v) is 4.19. The molecule has 0 spiro atoms. The maximum Gasteiger partial charge on any atom is 1.00 e. The summed E-state index contributed by atoms with van der Waals surface area (Å²) in [6.45, 7) is 0. The van der Waals surface area contributed by atoms with Crippen LogP contribution >= 0.6 is 11.8 Å². The average Bonchev–Trinajstić information content (AvgIpc) is 1.84. The molecule has 0 N–H and O–H groups in total. The molecule has 1 saturated heterocycles. The molecule has 1 aliphatic rings. The summed E-state index contributed by atoms with van der Waals surface area (Å²) in [7, 11) is 0. The van der Waals surface area contributed by atoms with Crippen molar-refractivity contribution in [1.29, 1.82) is 0 Å². The fourth-order valence-corrected chi connectivity index (χ4v) is 2.40. The number of hydrogen-bond donors (Lipinski definition) is 0. The maximum absolute atomic E-state index is 10.5. The van der Waals surface area contributed by atoms with E-state index in [0.29, 0.717) is 0 Å². The van der Waals surface area contributed by atoms with E-state index in [-0.39, 0.29) is 56.6 Å². The molecule has 12 heavy (non-hydrogen) atoms. The SMILES string of the molecule is O=C([O-])C1CCCCCCS1.[K+]. The molecule has 1 aliphatic heterocycles. The fourth-order valence-electron chi connectivity index (χ4n) is 1.28. The van der Waals surface area contributed by atoms with Crippen molar-refractivity contribution >= 4 is 17.7 Å². The number of carbonyl (C=O) groups excluding carboxylic acids is 1. The van der Waals surface area contributed by atoms with Crippen molar-refractivity contribution < 1.29 is 61.3 Å². The van der Waals surface area contributed by atoms with Crippen molar-refractivity contribution in [1.82, 2.24) is 0 Å². The maximum atomic E-state index is 10.5. The molecule has 2 nitrogen and oxygen atoms in total. The Morgan fingerprint density at radius 2 is 1.92 bits per heavy atom. The molecule has 4 heteroatoms. The van der Waals surface area contributed by atoms with E-state index < -0.39 is 5.97 Å². The molecule has 0 bridgehead atoms. The number of hydrogen-bond acceptors (Lipinski definition) is 3. The van der Waals surface area contributed by atoms with Crippen LogP contribution in [0.1, 0.15) is 32.1 Å². The van der Waals surface area contributed by atoms with Crippen LogP contribution in [0, 0.1) is 0 Å². The Hall–Kier alpha value is 1.46. The van der Waals surface area contributed by atoms with Crippen LogP contribution in [-0.2, 0) is 4.79 Å². The molecule has 1 heterocycles. The van der Waals surface area contributed by atoms with Crippen LogP contribution in [0.15, 0.2) is 0 Å². The van der Waals surface area contributed by atoms with Gasteiger partial charge in [-0.3, -0.25) is 0 Å². The molecule has 0 saturated carbocycles. The first kappa shape index (κ1) is 13.5. The average molecular weight is 212 g/mol. The van der Waals surface area contributed by atoms with Crippen molar-refractivity contribution in [2.75, 3.05) is 5.75 Å². The summed E-state index contributed by atoms with van der Waals surface area (Å²) in [5.74, 6) is 0.107. The topological polar surface area (TPSA) is 40.1 Å². The first-order valence-corrected chi connectivity index (χ1v) is 5.18. The van der Waals surface area contributed by atoms with Gasteiger partial charge in [-0.2, -0.15) is 11.8 Å². The van der Waals surface area contributed by atoms with Gasteiger partial charge >= 0.3 is 51.4 Å². The minimum absolute atomic E-state index is 0. The second-order valence-electron chi connectivity index (χ2n) is 2.88. The zero-order valence-electron chi connectivity index (χ0n) is 7.54. The minimum Gasteiger partial charge on any atom is -0.549 e. The van der Waals surface area contributed by atoms with E-state index in [1.165, 1.54) is 12.8 Å². The molecule has 1 fully saturated rings. The first-order chi connectivity index (χ1) is 5.30. The summed E-state index contributed by atoms with van der Waals surface area (Å²) >= 11 is 1.54. The Bertz CT molecular complexity index is 133. The molecule has 0 aromatic rings. The minimum atomic E-state index is -0.878. The molecule has 1 unspecified atom stereocenters. The van der Waals surface area contributed by atoms with Gasteiger partial charge in [-0.1, -0.05) is 19.3 Å². The van der Waals surface area contributed by atoms with Gasteiger partial charge in [0.1, 0.15) is 0 Å². The van der Waals surface area contributed by atoms with Crippen molar-refractivity contribution in [3.63, 3.8) is 0 Å². The van der Waals surface area contributed by atoms with Crippen molar-refractivity contribution in [3.05, 3.63) is 0 Å². The third-order valence-corrected chi connectivity index (χ3v) is 3.30. The van der Waals surface area contributed by atoms with Crippen LogP contribution in [0.3, 0.4) is 0 Å². The van der Waals surface area contributed by atoms with E-state index in [4.69, 9.17) is 0 Å². The quantitative estimate of drug-likeness (QED) is 0.464. The Kier molecular flexibility index (Phi) is 8.77. The molecule has 0 radical (unpaired) electrons. The van der Waals surface area contributed by atoms with Gasteiger partial charge in [-0.15, -0.1) is 0 Å². The molecule has 0 aliphatic carbocycles. The van der Waals surface area contributed by atoms with Gasteiger partial charge in [0, 0.05) is 5.25 Å².